The van der Waals surface area contributed by atoms with Crippen molar-refractivity contribution in [2.45, 2.75) is 6.92 Å². The van der Waals surface area contributed by atoms with Crippen molar-refractivity contribution in [1.82, 2.24) is 4.98 Å². The molecule has 0 unspecified atom stereocenters. The number of aromatic nitrogens is 1. The Kier molecular flexibility index (Phi) is 3.23. The molecule has 18 heavy (non-hydrogen) atoms. The van der Waals surface area contributed by atoms with E-state index >= 15 is 0 Å². The van der Waals surface area contributed by atoms with Crippen molar-refractivity contribution < 1.29 is 14.3 Å². The third kappa shape index (κ3) is 2.63. The minimum absolute atomic E-state index is 0.0948. The first-order chi connectivity index (χ1) is 8.56. The molecule has 0 saturated heterocycles. The number of anilines is 1. The number of carbonyl (C=O) groups is 1. The largest absolute Gasteiger partial charge is 0.507 e. The fraction of sp³-hybridized carbons (Fsp3) is 0.0769. The second-order valence-electron chi connectivity index (χ2n) is 3.84. The lowest BCUT2D eigenvalue weighted by atomic mass is 10.1. The highest BCUT2D eigenvalue weighted by atomic mass is 19.1. The lowest BCUT2D eigenvalue weighted by Gasteiger charge is -2.07. The molecule has 0 aliphatic carbocycles. The molecule has 5 heteroatoms. The standard InChI is InChI=1S/C13H11FN2O2/c1-8-2-4-10(11(17)6-8)13(18)16-9-3-5-12(14)15-7-9/h2-7,17H,1H3,(H,16,18). The molecule has 0 radical (unpaired) electrons. The zero-order valence-corrected chi connectivity index (χ0v) is 9.64. The number of amides is 1. The molecule has 0 bridgehead atoms. The van der Waals surface area contributed by atoms with Gasteiger partial charge in [0.2, 0.25) is 5.95 Å². The predicted octanol–water partition coefficient (Wildman–Crippen LogP) is 2.49. The summed E-state index contributed by atoms with van der Waals surface area (Å²) in [7, 11) is 0. The van der Waals surface area contributed by atoms with Gasteiger partial charge in [-0.15, -0.1) is 0 Å². The van der Waals surface area contributed by atoms with E-state index < -0.39 is 11.9 Å². The van der Waals surface area contributed by atoms with E-state index in [1.807, 2.05) is 6.92 Å². The minimum Gasteiger partial charge on any atom is -0.507 e. The normalized spacial score (nSPS) is 10.1. The van der Waals surface area contributed by atoms with Crippen molar-refractivity contribution in [1.29, 1.82) is 0 Å². The number of phenols is 1. The molecule has 1 aromatic carbocycles. The molecule has 0 fully saturated rings. The summed E-state index contributed by atoms with van der Waals surface area (Å²) in [6.45, 7) is 1.81. The molecule has 1 aromatic heterocycles. The summed E-state index contributed by atoms with van der Waals surface area (Å²) in [6.07, 6.45) is 1.21. The van der Waals surface area contributed by atoms with E-state index in [0.29, 0.717) is 5.69 Å². The van der Waals surface area contributed by atoms with Gasteiger partial charge >= 0.3 is 0 Å². The van der Waals surface area contributed by atoms with E-state index in [1.54, 1.807) is 6.07 Å². The molecule has 0 spiro atoms. The van der Waals surface area contributed by atoms with Crippen LogP contribution in [0.4, 0.5) is 10.1 Å². The molecule has 0 atom stereocenters. The van der Waals surface area contributed by atoms with Gasteiger partial charge in [0.05, 0.1) is 17.4 Å². The van der Waals surface area contributed by atoms with Gasteiger partial charge in [-0.2, -0.15) is 4.39 Å². The third-order valence-corrected chi connectivity index (χ3v) is 2.38. The van der Waals surface area contributed by atoms with E-state index in [1.165, 1.54) is 24.4 Å². The maximum absolute atomic E-state index is 12.6. The number of pyridine rings is 1. The summed E-state index contributed by atoms with van der Waals surface area (Å²) in [5.74, 6) is -1.19. The molecule has 2 aromatic rings. The molecule has 2 N–H and O–H groups in total. The number of aromatic hydroxyl groups is 1. The van der Waals surface area contributed by atoms with Gasteiger partial charge in [0.1, 0.15) is 5.75 Å². The third-order valence-electron chi connectivity index (χ3n) is 2.38. The average molecular weight is 246 g/mol. The average Bonchev–Trinajstić information content (AvgIpc) is 2.32. The Morgan fingerprint density at radius 1 is 1.33 bits per heavy atom. The van der Waals surface area contributed by atoms with Gasteiger partial charge in [-0.25, -0.2) is 4.98 Å². The van der Waals surface area contributed by atoms with Crippen molar-refractivity contribution >= 4 is 11.6 Å². The monoisotopic (exact) mass is 246 g/mol. The topological polar surface area (TPSA) is 62.2 Å². The zero-order chi connectivity index (χ0) is 13.1. The maximum Gasteiger partial charge on any atom is 0.259 e. The highest BCUT2D eigenvalue weighted by Crippen LogP contribution is 2.19. The summed E-state index contributed by atoms with van der Waals surface area (Å²) < 4.78 is 12.6. The van der Waals surface area contributed by atoms with E-state index in [2.05, 4.69) is 10.3 Å². The van der Waals surface area contributed by atoms with Gasteiger partial charge in [0.15, 0.2) is 0 Å². The van der Waals surface area contributed by atoms with Crippen LogP contribution < -0.4 is 5.32 Å². The molecule has 1 heterocycles. The number of aryl methyl sites for hydroxylation is 1. The first-order valence-electron chi connectivity index (χ1n) is 5.29. The molecular weight excluding hydrogens is 235 g/mol. The number of carbonyl (C=O) groups excluding carboxylic acids is 1. The highest BCUT2D eigenvalue weighted by Gasteiger charge is 2.11. The lowest BCUT2D eigenvalue weighted by Crippen LogP contribution is -2.12. The molecule has 0 aliphatic rings. The van der Waals surface area contributed by atoms with Crippen molar-refractivity contribution in [2.75, 3.05) is 5.32 Å². The van der Waals surface area contributed by atoms with Crippen LogP contribution in [0.25, 0.3) is 0 Å². The molecule has 0 saturated carbocycles. The Labute approximate surface area is 103 Å². The van der Waals surface area contributed by atoms with Gasteiger partial charge in [-0.1, -0.05) is 6.07 Å². The molecule has 2 rings (SSSR count). The van der Waals surface area contributed by atoms with E-state index in [0.717, 1.165) is 11.6 Å². The molecule has 4 nitrogen and oxygen atoms in total. The van der Waals surface area contributed by atoms with E-state index in [9.17, 15) is 14.3 Å². The fourth-order valence-corrected chi connectivity index (χ4v) is 1.48. The van der Waals surface area contributed by atoms with Gasteiger partial charge in [0.25, 0.3) is 5.91 Å². The van der Waals surface area contributed by atoms with Gasteiger partial charge in [-0.05, 0) is 36.8 Å². The highest BCUT2D eigenvalue weighted by molar-refractivity contribution is 6.06. The van der Waals surface area contributed by atoms with E-state index in [4.69, 9.17) is 0 Å². The molecule has 92 valence electrons. The second kappa shape index (κ2) is 4.83. The Bertz CT molecular complexity index is 582. The molecule has 1 amide bonds. The first kappa shape index (κ1) is 12.0. The van der Waals surface area contributed by atoms with Crippen LogP contribution in [0.1, 0.15) is 15.9 Å². The maximum atomic E-state index is 12.6. The summed E-state index contributed by atoms with van der Waals surface area (Å²) in [4.78, 5) is 15.3. The van der Waals surface area contributed by atoms with Crippen molar-refractivity contribution in [3.05, 3.63) is 53.6 Å². The predicted molar refractivity (Wildman–Crippen MR) is 65.0 cm³/mol. The first-order valence-corrected chi connectivity index (χ1v) is 5.29. The summed E-state index contributed by atoms with van der Waals surface area (Å²) in [6, 6.07) is 7.28. The fourth-order valence-electron chi connectivity index (χ4n) is 1.48. The Morgan fingerprint density at radius 2 is 2.11 bits per heavy atom. The zero-order valence-electron chi connectivity index (χ0n) is 9.64. The van der Waals surface area contributed by atoms with Crippen LogP contribution in [0, 0.1) is 12.9 Å². The summed E-state index contributed by atoms with van der Waals surface area (Å²) in [5, 5.41) is 12.2. The summed E-state index contributed by atoms with van der Waals surface area (Å²) >= 11 is 0. The number of halogens is 1. The van der Waals surface area contributed by atoms with Crippen molar-refractivity contribution in [3.63, 3.8) is 0 Å². The van der Waals surface area contributed by atoms with Crippen LogP contribution in [0.5, 0.6) is 5.75 Å². The van der Waals surface area contributed by atoms with Crippen LogP contribution in [-0.4, -0.2) is 16.0 Å². The van der Waals surface area contributed by atoms with Crippen LogP contribution in [0.15, 0.2) is 36.5 Å². The number of hydrogen-bond donors (Lipinski definition) is 2. The number of nitrogens with zero attached hydrogens (tertiary/aromatic N) is 1. The Balaban J connectivity index is 2.19. The minimum atomic E-state index is -0.619. The number of benzene rings is 1. The van der Waals surface area contributed by atoms with Gasteiger partial charge < -0.3 is 10.4 Å². The Hall–Kier alpha value is -2.43. The number of rotatable bonds is 2. The van der Waals surface area contributed by atoms with Crippen LogP contribution in [-0.2, 0) is 0 Å². The van der Waals surface area contributed by atoms with Crippen LogP contribution >= 0.6 is 0 Å². The van der Waals surface area contributed by atoms with Gasteiger partial charge in [-0.3, -0.25) is 4.79 Å². The number of phenolic OH excluding ortho intramolecular Hbond substituents is 1. The van der Waals surface area contributed by atoms with Crippen LogP contribution in [0.3, 0.4) is 0 Å². The van der Waals surface area contributed by atoms with Gasteiger partial charge in [0, 0.05) is 0 Å². The van der Waals surface area contributed by atoms with Crippen molar-refractivity contribution in [3.8, 4) is 5.75 Å². The smallest absolute Gasteiger partial charge is 0.259 e. The number of hydrogen-bond acceptors (Lipinski definition) is 3. The Morgan fingerprint density at radius 3 is 2.72 bits per heavy atom. The lowest BCUT2D eigenvalue weighted by molar-refractivity contribution is 0.102. The molecule has 0 aliphatic heterocycles. The number of nitrogens with one attached hydrogen (secondary N) is 1. The SMILES string of the molecule is Cc1ccc(C(=O)Nc2ccc(F)nc2)c(O)c1. The molecular formula is C13H11FN2O2. The van der Waals surface area contributed by atoms with Crippen LogP contribution in [0.2, 0.25) is 0 Å². The van der Waals surface area contributed by atoms with Crippen molar-refractivity contribution in [2.24, 2.45) is 0 Å². The second-order valence-corrected chi connectivity index (χ2v) is 3.84. The quantitative estimate of drug-likeness (QED) is 0.800. The van der Waals surface area contributed by atoms with E-state index in [-0.39, 0.29) is 11.3 Å². The summed E-state index contributed by atoms with van der Waals surface area (Å²) in [5.41, 5.74) is 1.37.